The molecule has 0 amide bonds. The van der Waals surface area contributed by atoms with E-state index in [9.17, 15) is 5.11 Å². The molecule has 3 rings (SSSR count). The summed E-state index contributed by atoms with van der Waals surface area (Å²) in [4.78, 5) is 0. The van der Waals surface area contributed by atoms with Crippen molar-refractivity contribution < 1.29 is 9.84 Å². The Labute approximate surface area is 113 Å². The van der Waals surface area contributed by atoms with Crippen LogP contribution >= 0.6 is 0 Å². The van der Waals surface area contributed by atoms with Gasteiger partial charge in [0.2, 0.25) is 0 Å². The molecule has 0 saturated heterocycles. The molecular formula is C17H18O2. The van der Waals surface area contributed by atoms with Crippen molar-refractivity contribution in [1.29, 1.82) is 0 Å². The first-order chi connectivity index (χ1) is 9.24. The highest BCUT2D eigenvalue weighted by Gasteiger charge is 2.29. The molecule has 0 radical (unpaired) electrons. The van der Waals surface area contributed by atoms with Crippen molar-refractivity contribution >= 4 is 0 Å². The summed E-state index contributed by atoms with van der Waals surface area (Å²) in [5.41, 5.74) is 3.41. The first-order valence-corrected chi connectivity index (χ1v) is 6.73. The van der Waals surface area contributed by atoms with E-state index < -0.39 is 6.10 Å². The molecule has 0 heterocycles. The lowest BCUT2D eigenvalue weighted by atomic mass is 9.87. The topological polar surface area (TPSA) is 29.5 Å². The zero-order valence-electron chi connectivity index (χ0n) is 11.0. The number of ether oxygens (including phenoxy) is 1. The Morgan fingerprint density at radius 1 is 1.11 bits per heavy atom. The number of rotatable bonds is 2. The highest BCUT2D eigenvalue weighted by Crippen LogP contribution is 2.32. The smallest absolute Gasteiger partial charge is 0.129 e. The second-order valence-electron chi connectivity index (χ2n) is 5.16. The van der Waals surface area contributed by atoms with Gasteiger partial charge in [0.05, 0.1) is 0 Å². The quantitative estimate of drug-likeness (QED) is 0.889. The minimum atomic E-state index is -0.537. The molecular weight excluding hydrogens is 236 g/mol. The van der Waals surface area contributed by atoms with Crippen molar-refractivity contribution in [3.8, 4) is 5.75 Å². The summed E-state index contributed by atoms with van der Waals surface area (Å²) in [6, 6.07) is 16.0. The predicted octanol–water partition coefficient (Wildman–Crippen LogP) is 3.42. The summed E-state index contributed by atoms with van der Waals surface area (Å²) in [6.07, 6.45) is 1.12. The molecule has 2 aromatic rings. The van der Waals surface area contributed by atoms with Crippen LogP contribution in [0.3, 0.4) is 0 Å². The second-order valence-corrected chi connectivity index (χ2v) is 5.16. The lowest BCUT2D eigenvalue weighted by molar-refractivity contribution is 0.0230. The first-order valence-electron chi connectivity index (χ1n) is 6.73. The Morgan fingerprint density at radius 3 is 2.79 bits per heavy atom. The van der Waals surface area contributed by atoms with Crippen molar-refractivity contribution in [2.24, 2.45) is 0 Å². The van der Waals surface area contributed by atoms with Gasteiger partial charge in [-0.1, -0.05) is 36.4 Å². The van der Waals surface area contributed by atoms with Crippen molar-refractivity contribution in [2.75, 3.05) is 0 Å². The van der Waals surface area contributed by atoms with Crippen molar-refractivity contribution in [3.05, 3.63) is 65.2 Å². The van der Waals surface area contributed by atoms with Gasteiger partial charge in [-0.15, -0.1) is 0 Å². The summed E-state index contributed by atoms with van der Waals surface area (Å²) in [5.74, 6) is 0.837. The molecule has 2 unspecified atom stereocenters. The number of hydrogen-bond acceptors (Lipinski definition) is 2. The Hall–Kier alpha value is -1.80. The van der Waals surface area contributed by atoms with E-state index in [-0.39, 0.29) is 6.10 Å². The minimum absolute atomic E-state index is 0.156. The van der Waals surface area contributed by atoms with Crippen molar-refractivity contribution in [2.45, 2.75) is 32.0 Å². The van der Waals surface area contributed by atoms with E-state index >= 15 is 0 Å². The summed E-state index contributed by atoms with van der Waals surface area (Å²) in [7, 11) is 0. The molecule has 1 N–H and O–H groups in total. The number of aliphatic hydroxyl groups is 1. The van der Waals surface area contributed by atoms with Crippen LogP contribution in [0.2, 0.25) is 0 Å². The van der Waals surface area contributed by atoms with E-state index in [0.29, 0.717) is 0 Å². The average Bonchev–Trinajstić information content (AvgIpc) is 2.42. The van der Waals surface area contributed by atoms with E-state index in [1.54, 1.807) is 0 Å². The molecule has 19 heavy (non-hydrogen) atoms. The molecule has 2 atom stereocenters. The van der Waals surface area contributed by atoms with Crippen LogP contribution in [0.25, 0.3) is 0 Å². The number of hydrogen-bond donors (Lipinski definition) is 1. The standard InChI is InChI=1S/C17H18O2/c1-12-5-4-7-14(11-12)19-16-10-9-13-6-2-3-8-15(13)17(16)18/h2-8,11,16-18H,9-10H2,1H3. The Balaban J connectivity index is 1.81. The van der Waals surface area contributed by atoms with Gasteiger partial charge in [0.25, 0.3) is 0 Å². The fraction of sp³-hybridized carbons (Fsp3) is 0.294. The van der Waals surface area contributed by atoms with Gasteiger partial charge in [-0.05, 0) is 48.6 Å². The van der Waals surface area contributed by atoms with Crippen LogP contribution < -0.4 is 4.74 Å². The van der Waals surface area contributed by atoms with Gasteiger partial charge in [-0.2, -0.15) is 0 Å². The lowest BCUT2D eigenvalue weighted by Gasteiger charge is -2.30. The highest BCUT2D eigenvalue weighted by atomic mass is 16.5. The van der Waals surface area contributed by atoms with Crippen LogP contribution in [0.4, 0.5) is 0 Å². The maximum atomic E-state index is 10.4. The fourth-order valence-electron chi connectivity index (χ4n) is 2.69. The zero-order valence-corrected chi connectivity index (χ0v) is 11.0. The molecule has 2 nitrogen and oxygen atoms in total. The normalized spacial score (nSPS) is 21.8. The van der Waals surface area contributed by atoms with Crippen LogP contribution in [0.1, 0.15) is 29.2 Å². The van der Waals surface area contributed by atoms with E-state index in [1.807, 2.05) is 49.4 Å². The Morgan fingerprint density at radius 2 is 1.95 bits per heavy atom. The van der Waals surface area contributed by atoms with E-state index in [0.717, 1.165) is 24.2 Å². The van der Waals surface area contributed by atoms with Gasteiger partial charge in [-0.25, -0.2) is 0 Å². The van der Waals surface area contributed by atoms with Gasteiger partial charge in [0, 0.05) is 0 Å². The van der Waals surface area contributed by atoms with Gasteiger partial charge >= 0.3 is 0 Å². The first kappa shape index (κ1) is 12.2. The van der Waals surface area contributed by atoms with Crippen LogP contribution in [-0.2, 0) is 6.42 Å². The third-order valence-corrected chi connectivity index (χ3v) is 3.70. The number of aliphatic hydroxyl groups excluding tert-OH is 1. The predicted molar refractivity (Wildman–Crippen MR) is 75.3 cm³/mol. The summed E-state index contributed by atoms with van der Waals surface area (Å²) < 4.78 is 5.96. The highest BCUT2D eigenvalue weighted by molar-refractivity contribution is 5.33. The molecule has 0 aromatic heterocycles. The molecule has 0 fully saturated rings. The number of fused-ring (bicyclic) bond motifs is 1. The molecule has 98 valence electrons. The maximum Gasteiger partial charge on any atom is 0.129 e. The third kappa shape index (κ3) is 2.49. The summed E-state index contributed by atoms with van der Waals surface area (Å²) in [5, 5.41) is 10.4. The van der Waals surface area contributed by atoms with Crippen LogP contribution in [-0.4, -0.2) is 11.2 Å². The Bertz CT molecular complexity index is 577. The molecule has 0 spiro atoms. The second kappa shape index (κ2) is 5.06. The zero-order chi connectivity index (χ0) is 13.2. The minimum Gasteiger partial charge on any atom is -0.487 e. The van der Waals surface area contributed by atoms with E-state index in [4.69, 9.17) is 4.74 Å². The van der Waals surface area contributed by atoms with Gasteiger partial charge in [0.1, 0.15) is 18.0 Å². The lowest BCUT2D eigenvalue weighted by Crippen LogP contribution is -2.30. The molecule has 1 aliphatic rings. The molecule has 2 aromatic carbocycles. The van der Waals surface area contributed by atoms with Gasteiger partial charge in [0.15, 0.2) is 0 Å². The molecule has 1 aliphatic carbocycles. The SMILES string of the molecule is Cc1cccc(OC2CCc3ccccc3C2O)c1. The number of aryl methyl sites for hydroxylation is 2. The molecule has 0 bridgehead atoms. The largest absolute Gasteiger partial charge is 0.487 e. The maximum absolute atomic E-state index is 10.4. The van der Waals surface area contributed by atoms with Crippen molar-refractivity contribution in [1.82, 2.24) is 0 Å². The fourth-order valence-corrected chi connectivity index (χ4v) is 2.69. The van der Waals surface area contributed by atoms with E-state index in [2.05, 4.69) is 6.07 Å². The average molecular weight is 254 g/mol. The van der Waals surface area contributed by atoms with Crippen LogP contribution in [0, 0.1) is 6.92 Å². The van der Waals surface area contributed by atoms with Gasteiger partial charge in [-0.3, -0.25) is 0 Å². The Kier molecular flexibility index (Phi) is 3.26. The van der Waals surface area contributed by atoms with Crippen molar-refractivity contribution in [3.63, 3.8) is 0 Å². The molecule has 0 saturated carbocycles. The monoisotopic (exact) mass is 254 g/mol. The van der Waals surface area contributed by atoms with Crippen LogP contribution in [0.5, 0.6) is 5.75 Å². The molecule has 0 aliphatic heterocycles. The summed E-state index contributed by atoms with van der Waals surface area (Å²) in [6.45, 7) is 2.04. The van der Waals surface area contributed by atoms with E-state index in [1.165, 1.54) is 11.1 Å². The number of benzene rings is 2. The summed E-state index contributed by atoms with van der Waals surface area (Å²) >= 11 is 0. The molecule has 2 heteroatoms. The van der Waals surface area contributed by atoms with Crippen LogP contribution in [0.15, 0.2) is 48.5 Å². The van der Waals surface area contributed by atoms with Gasteiger partial charge < -0.3 is 9.84 Å². The third-order valence-electron chi connectivity index (χ3n) is 3.70.